The summed E-state index contributed by atoms with van der Waals surface area (Å²) in [6.45, 7) is 9.40. The lowest BCUT2D eigenvalue weighted by Crippen LogP contribution is -2.13. The van der Waals surface area contributed by atoms with Crippen LogP contribution < -0.4 is 0 Å². The third-order valence-electron chi connectivity index (χ3n) is 10.6. The van der Waals surface area contributed by atoms with Crippen molar-refractivity contribution in [2.24, 2.45) is 0 Å². The van der Waals surface area contributed by atoms with Gasteiger partial charge in [-0.2, -0.15) is 0 Å². The highest BCUT2D eigenvalue weighted by atomic mass is 15.1. The van der Waals surface area contributed by atoms with E-state index in [1.54, 1.807) is 0 Å². The fourth-order valence-electron chi connectivity index (χ4n) is 7.42. The number of imidazole rings is 1. The van der Waals surface area contributed by atoms with Crippen molar-refractivity contribution in [3.8, 4) is 0 Å². The lowest BCUT2D eigenvalue weighted by atomic mass is 9.93. The van der Waals surface area contributed by atoms with Crippen LogP contribution in [0.5, 0.6) is 0 Å². The van der Waals surface area contributed by atoms with Gasteiger partial charge in [-0.05, 0) is 26.2 Å². The molecule has 2 heteroatoms. The van der Waals surface area contributed by atoms with E-state index in [1.165, 1.54) is 224 Å². The van der Waals surface area contributed by atoms with Crippen molar-refractivity contribution in [1.29, 1.82) is 0 Å². The molecule has 1 rings (SSSR count). The normalized spacial score (nSPS) is 13.1. The molecule has 0 saturated heterocycles. The van der Waals surface area contributed by atoms with Gasteiger partial charge < -0.3 is 4.57 Å². The minimum atomic E-state index is 0.588. The molecule has 0 radical (unpaired) electrons. The minimum Gasteiger partial charge on any atom is -0.332 e. The monoisotopic (exact) mass is 629 g/mol. The molecule has 2 nitrogen and oxygen atoms in total. The van der Waals surface area contributed by atoms with Gasteiger partial charge in [0, 0.05) is 24.4 Å². The highest BCUT2D eigenvalue weighted by Gasteiger charge is 2.19. The van der Waals surface area contributed by atoms with Crippen molar-refractivity contribution in [2.45, 2.75) is 258 Å². The van der Waals surface area contributed by atoms with Gasteiger partial charge in [-0.1, -0.05) is 220 Å². The maximum absolute atomic E-state index is 5.00. The van der Waals surface area contributed by atoms with Gasteiger partial charge in [0.05, 0.1) is 0 Å². The van der Waals surface area contributed by atoms with Crippen molar-refractivity contribution in [3.63, 3.8) is 0 Å². The zero-order chi connectivity index (χ0) is 32.5. The third-order valence-corrected chi connectivity index (χ3v) is 10.6. The predicted molar refractivity (Wildman–Crippen MR) is 204 cm³/mol. The van der Waals surface area contributed by atoms with E-state index < -0.39 is 0 Å². The number of hydrogen-bond donors (Lipinski definition) is 0. The molecular weight excluding hydrogens is 544 g/mol. The second kappa shape index (κ2) is 33.1. The number of rotatable bonds is 36. The van der Waals surface area contributed by atoms with Crippen LogP contribution in [0.1, 0.15) is 264 Å². The first kappa shape index (κ1) is 42.2. The summed E-state index contributed by atoms with van der Waals surface area (Å²) in [6.07, 6.45) is 52.7. The minimum absolute atomic E-state index is 0.588. The molecule has 45 heavy (non-hydrogen) atoms. The second-order valence-corrected chi connectivity index (χ2v) is 15.0. The Balaban J connectivity index is 2.24. The summed E-state index contributed by atoms with van der Waals surface area (Å²) in [7, 11) is 0. The summed E-state index contributed by atoms with van der Waals surface area (Å²) in [5.41, 5.74) is 0. The van der Waals surface area contributed by atoms with Crippen molar-refractivity contribution >= 4 is 0 Å². The number of unbranched alkanes of at least 4 members (excludes halogenated alkanes) is 28. The van der Waals surface area contributed by atoms with E-state index in [0.717, 1.165) is 0 Å². The molecular formula is C43H84N2. The Morgan fingerprint density at radius 2 is 0.711 bits per heavy atom. The van der Waals surface area contributed by atoms with Crippen molar-refractivity contribution < 1.29 is 0 Å². The topological polar surface area (TPSA) is 17.8 Å². The van der Waals surface area contributed by atoms with Crippen LogP contribution in [0, 0.1) is 0 Å². The summed E-state index contributed by atoms with van der Waals surface area (Å²) in [4.78, 5) is 5.00. The van der Waals surface area contributed by atoms with Crippen molar-refractivity contribution in [2.75, 3.05) is 0 Å². The maximum atomic E-state index is 5.00. The smallest absolute Gasteiger partial charge is 0.111 e. The first-order chi connectivity index (χ1) is 22.2. The van der Waals surface area contributed by atoms with Gasteiger partial charge >= 0.3 is 0 Å². The first-order valence-corrected chi connectivity index (χ1v) is 21.3. The van der Waals surface area contributed by atoms with Crippen LogP contribution in [0.3, 0.4) is 0 Å². The SMILES string of the molecule is CCCCCCCCCCCCCCCCCC(C)n1ccnc1C(CCCCCC)CCCCCCCCCCCCCC. The molecule has 266 valence electrons. The van der Waals surface area contributed by atoms with E-state index in [9.17, 15) is 0 Å². The molecule has 2 unspecified atom stereocenters. The zero-order valence-corrected chi connectivity index (χ0v) is 31.7. The lowest BCUT2D eigenvalue weighted by Gasteiger charge is -2.22. The second-order valence-electron chi connectivity index (χ2n) is 15.0. The Labute approximate surface area is 285 Å². The van der Waals surface area contributed by atoms with Gasteiger partial charge in [-0.15, -0.1) is 0 Å². The molecule has 0 fully saturated rings. The van der Waals surface area contributed by atoms with Gasteiger partial charge in [-0.25, -0.2) is 4.98 Å². The molecule has 2 atom stereocenters. The van der Waals surface area contributed by atoms with E-state index >= 15 is 0 Å². The van der Waals surface area contributed by atoms with Crippen LogP contribution in [0.2, 0.25) is 0 Å². The van der Waals surface area contributed by atoms with Crippen LogP contribution in [-0.4, -0.2) is 9.55 Å². The fourth-order valence-corrected chi connectivity index (χ4v) is 7.42. The summed E-state index contributed by atoms with van der Waals surface area (Å²) in [5.74, 6) is 2.06. The van der Waals surface area contributed by atoms with Crippen molar-refractivity contribution in [3.05, 3.63) is 18.2 Å². The predicted octanol–water partition coefficient (Wildman–Crippen LogP) is 15.9. The van der Waals surface area contributed by atoms with Gasteiger partial charge in [0.25, 0.3) is 0 Å². The molecule has 0 amide bonds. The molecule has 1 aromatic heterocycles. The van der Waals surface area contributed by atoms with Crippen molar-refractivity contribution in [1.82, 2.24) is 9.55 Å². The molecule has 0 aliphatic heterocycles. The Hall–Kier alpha value is -0.790. The lowest BCUT2D eigenvalue weighted by molar-refractivity contribution is 0.413. The molecule has 0 saturated carbocycles. The van der Waals surface area contributed by atoms with Gasteiger partial charge in [0.15, 0.2) is 0 Å². The Bertz CT molecular complexity index is 694. The summed E-state index contributed by atoms with van der Waals surface area (Å²) < 4.78 is 2.58. The van der Waals surface area contributed by atoms with Crippen LogP contribution in [0.15, 0.2) is 12.4 Å². The molecule has 0 aromatic carbocycles. The van der Waals surface area contributed by atoms with Crippen LogP contribution in [0.4, 0.5) is 0 Å². The maximum Gasteiger partial charge on any atom is 0.111 e. The summed E-state index contributed by atoms with van der Waals surface area (Å²) >= 11 is 0. The number of aromatic nitrogens is 2. The number of nitrogens with zero attached hydrogens (tertiary/aromatic N) is 2. The molecule has 1 aromatic rings. The fraction of sp³-hybridized carbons (Fsp3) is 0.930. The highest BCUT2D eigenvalue weighted by Crippen LogP contribution is 2.30. The highest BCUT2D eigenvalue weighted by molar-refractivity contribution is 5.02. The largest absolute Gasteiger partial charge is 0.332 e. The van der Waals surface area contributed by atoms with Gasteiger partial charge in [0.1, 0.15) is 5.82 Å². The number of hydrogen-bond acceptors (Lipinski definition) is 1. The van der Waals surface area contributed by atoms with E-state index in [4.69, 9.17) is 4.98 Å². The van der Waals surface area contributed by atoms with Gasteiger partial charge in [0.2, 0.25) is 0 Å². The Morgan fingerprint density at radius 3 is 1.07 bits per heavy atom. The Kier molecular flexibility index (Phi) is 31.1. The quantitative estimate of drug-likeness (QED) is 0.0676. The summed E-state index contributed by atoms with van der Waals surface area (Å²) in [5, 5.41) is 0. The van der Waals surface area contributed by atoms with E-state index in [0.29, 0.717) is 12.0 Å². The molecule has 0 N–H and O–H groups in total. The Morgan fingerprint density at radius 1 is 0.422 bits per heavy atom. The average Bonchev–Trinajstić information content (AvgIpc) is 3.54. The molecule has 0 bridgehead atoms. The summed E-state index contributed by atoms with van der Waals surface area (Å²) in [6, 6.07) is 0.588. The first-order valence-electron chi connectivity index (χ1n) is 21.3. The third kappa shape index (κ3) is 25.0. The molecule has 0 aliphatic rings. The van der Waals surface area contributed by atoms with Gasteiger partial charge in [-0.3, -0.25) is 0 Å². The molecule has 0 aliphatic carbocycles. The van der Waals surface area contributed by atoms with Crippen LogP contribution in [-0.2, 0) is 0 Å². The van der Waals surface area contributed by atoms with E-state index in [1.807, 2.05) is 0 Å². The standard InChI is InChI=1S/C43H84N2/c1-5-8-11-14-16-18-20-22-23-24-25-27-29-31-33-36-41(4)45-40-39-44-43(45)42(37-34-13-10-7-3)38-35-32-30-28-26-21-19-17-15-12-9-6-2/h39-42H,5-38H2,1-4H3. The molecule has 1 heterocycles. The van der Waals surface area contributed by atoms with E-state index in [2.05, 4.69) is 44.7 Å². The molecule has 0 spiro atoms. The van der Waals surface area contributed by atoms with Crippen LogP contribution >= 0.6 is 0 Å². The van der Waals surface area contributed by atoms with Crippen LogP contribution in [0.25, 0.3) is 0 Å². The van der Waals surface area contributed by atoms with E-state index in [-0.39, 0.29) is 0 Å². The average molecular weight is 629 g/mol. The zero-order valence-electron chi connectivity index (χ0n) is 31.7.